The molecule has 0 saturated heterocycles. The molecule has 0 unspecified atom stereocenters. The van der Waals surface area contributed by atoms with E-state index >= 15 is 0 Å². The first-order valence-electron chi connectivity index (χ1n) is 8.82. The minimum absolute atomic E-state index is 0.0667. The van der Waals surface area contributed by atoms with Crippen LogP contribution in [0.2, 0.25) is 0 Å². The van der Waals surface area contributed by atoms with Gasteiger partial charge in [0.15, 0.2) is 0 Å². The van der Waals surface area contributed by atoms with Crippen molar-refractivity contribution in [1.29, 1.82) is 0 Å². The molecule has 0 heterocycles. The van der Waals surface area contributed by atoms with E-state index in [4.69, 9.17) is 9.94 Å². The molecule has 3 aromatic carbocycles. The predicted molar refractivity (Wildman–Crippen MR) is 116 cm³/mol. The number of sulfonamides is 1. The fourth-order valence-electron chi connectivity index (χ4n) is 2.90. The van der Waals surface area contributed by atoms with Gasteiger partial charge in [-0.1, -0.05) is 30.3 Å². The van der Waals surface area contributed by atoms with Gasteiger partial charge in [0.05, 0.1) is 17.7 Å². The third-order valence-electron chi connectivity index (χ3n) is 4.43. The quantitative estimate of drug-likeness (QED) is 0.343. The molecule has 156 valence electrons. The fraction of sp³-hybridized carbons (Fsp3) is 0.0952. The first kappa shape index (κ1) is 21.8. The summed E-state index contributed by atoms with van der Waals surface area (Å²) >= 11 is 3.43. The molecule has 0 spiro atoms. The van der Waals surface area contributed by atoms with E-state index in [0.29, 0.717) is 22.2 Å². The van der Waals surface area contributed by atoms with Crippen molar-refractivity contribution in [2.24, 2.45) is 0 Å². The highest BCUT2D eigenvalue weighted by atomic mass is 79.9. The van der Waals surface area contributed by atoms with Crippen LogP contribution in [0.15, 0.2) is 76.1 Å². The van der Waals surface area contributed by atoms with Crippen LogP contribution in [0.5, 0.6) is 5.75 Å². The van der Waals surface area contributed by atoms with Gasteiger partial charge in [-0.25, -0.2) is 13.9 Å². The van der Waals surface area contributed by atoms with E-state index in [9.17, 15) is 13.2 Å². The Morgan fingerprint density at radius 3 is 2.30 bits per heavy atom. The Morgan fingerprint density at radius 1 is 1.03 bits per heavy atom. The molecular weight excluding hydrogens is 472 g/mol. The normalized spacial score (nSPS) is 11.0. The summed E-state index contributed by atoms with van der Waals surface area (Å²) in [5.41, 5.74) is 3.57. The maximum Gasteiger partial charge on any atom is 0.274 e. The van der Waals surface area contributed by atoms with Gasteiger partial charge < -0.3 is 4.74 Å². The van der Waals surface area contributed by atoms with Gasteiger partial charge in [-0.3, -0.25) is 14.7 Å². The number of carbonyl (C=O) groups is 1. The molecule has 0 aliphatic carbocycles. The Balaban J connectivity index is 2.00. The van der Waals surface area contributed by atoms with E-state index < -0.39 is 15.9 Å². The summed E-state index contributed by atoms with van der Waals surface area (Å²) in [6, 6.07) is 18.3. The summed E-state index contributed by atoms with van der Waals surface area (Å²) in [5, 5.41) is 9.08. The average molecular weight is 491 g/mol. The Kier molecular flexibility index (Phi) is 6.76. The van der Waals surface area contributed by atoms with Crippen LogP contribution in [0, 0.1) is 0 Å². The highest BCUT2D eigenvalue weighted by Gasteiger charge is 2.21. The number of methoxy groups -OCH3 is 1. The van der Waals surface area contributed by atoms with E-state index in [-0.39, 0.29) is 16.1 Å². The molecule has 30 heavy (non-hydrogen) atoms. The van der Waals surface area contributed by atoms with E-state index in [0.717, 1.165) is 5.56 Å². The molecule has 3 rings (SSSR count). The molecule has 1 amide bonds. The van der Waals surface area contributed by atoms with Gasteiger partial charge in [0, 0.05) is 10.0 Å². The van der Waals surface area contributed by atoms with Crippen molar-refractivity contribution >= 4 is 37.5 Å². The molecule has 0 fully saturated rings. The lowest BCUT2D eigenvalue weighted by Gasteiger charge is -2.16. The number of halogens is 1. The second-order valence-corrected chi connectivity index (χ2v) is 8.81. The molecule has 9 heteroatoms. The van der Waals surface area contributed by atoms with Crippen LogP contribution in [0.25, 0.3) is 0 Å². The molecule has 3 N–H and O–H groups in total. The van der Waals surface area contributed by atoms with Crippen molar-refractivity contribution in [2.45, 2.75) is 11.3 Å². The van der Waals surface area contributed by atoms with Crippen molar-refractivity contribution in [1.82, 2.24) is 5.48 Å². The molecule has 0 saturated carbocycles. The third kappa shape index (κ3) is 4.81. The standard InChI is InChI=1S/C21H19BrN2O5S/c1-29-15-7-9-16(10-8-15)30(27,28)24-19-12-11-17(21(25)23-26)18(20(19)22)13-14-5-3-2-4-6-14/h2-12,24,26H,13H2,1H3,(H,23,25). The van der Waals surface area contributed by atoms with Gasteiger partial charge in [0.2, 0.25) is 0 Å². The fourth-order valence-corrected chi connectivity index (χ4v) is 4.69. The highest BCUT2D eigenvalue weighted by molar-refractivity contribution is 9.10. The molecule has 0 aromatic heterocycles. The summed E-state index contributed by atoms with van der Waals surface area (Å²) in [7, 11) is -2.38. The van der Waals surface area contributed by atoms with Gasteiger partial charge in [0.1, 0.15) is 5.75 Å². The van der Waals surface area contributed by atoms with E-state index in [1.54, 1.807) is 17.6 Å². The maximum absolute atomic E-state index is 12.8. The first-order valence-corrected chi connectivity index (χ1v) is 11.1. The number of carbonyl (C=O) groups excluding carboxylic acids is 1. The van der Waals surface area contributed by atoms with E-state index in [1.165, 1.54) is 31.4 Å². The number of amides is 1. The highest BCUT2D eigenvalue weighted by Crippen LogP contribution is 2.33. The minimum Gasteiger partial charge on any atom is -0.497 e. The van der Waals surface area contributed by atoms with Crippen molar-refractivity contribution in [2.75, 3.05) is 11.8 Å². The molecular formula is C21H19BrN2O5S. The zero-order chi connectivity index (χ0) is 21.7. The lowest BCUT2D eigenvalue weighted by Crippen LogP contribution is -2.21. The number of rotatable bonds is 7. The van der Waals surface area contributed by atoms with Crippen LogP contribution in [0.1, 0.15) is 21.5 Å². The Hall–Kier alpha value is -2.88. The first-order chi connectivity index (χ1) is 14.4. The topological polar surface area (TPSA) is 105 Å². The maximum atomic E-state index is 12.8. The van der Waals surface area contributed by atoms with Crippen molar-refractivity contribution < 1.29 is 23.2 Å². The molecule has 0 atom stereocenters. The minimum atomic E-state index is -3.87. The van der Waals surface area contributed by atoms with Gasteiger partial charge in [-0.15, -0.1) is 0 Å². The lowest BCUT2D eigenvalue weighted by atomic mass is 9.98. The van der Waals surface area contributed by atoms with Crippen LogP contribution < -0.4 is 14.9 Å². The van der Waals surface area contributed by atoms with Gasteiger partial charge in [-0.2, -0.15) is 0 Å². The van der Waals surface area contributed by atoms with Crippen LogP contribution in [0.3, 0.4) is 0 Å². The molecule has 7 nitrogen and oxygen atoms in total. The van der Waals surface area contributed by atoms with E-state index in [1.807, 2.05) is 30.3 Å². The van der Waals surface area contributed by atoms with Crippen molar-refractivity contribution in [3.05, 3.63) is 87.9 Å². The second kappa shape index (κ2) is 9.29. The zero-order valence-corrected chi connectivity index (χ0v) is 18.3. The monoisotopic (exact) mass is 490 g/mol. The van der Waals surface area contributed by atoms with Crippen molar-refractivity contribution in [3.63, 3.8) is 0 Å². The van der Waals surface area contributed by atoms with Crippen molar-refractivity contribution in [3.8, 4) is 5.75 Å². The van der Waals surface area contributed by atoms with Gasteiger partial charge in [0.25, 0.3) is 15.9 Å². The molecule has 3 aromatic rings. The third-order valence-corrected chi connectivity index (χ3v) is 6.71. The lowest BCUT2D eigenvalue weighted by molar-refractivity contribution is 0.0705. The SMILES string of the molecule is COc1ccc(S(=O)(=O)Nc2ccc(C(=O)NO)c(Cc3ccccc3)c2Br)cc1. The summed E-state index contributed by atoms with van der Waals surface area (Å²) in [5.74, 6) is -0.147. The smallest absolute Gasteiger partial charge is 0.274 e. The Morgan fingerprint density at radius 2 is 1.70 bits per heavy atom. The van der Waals surface area contributed by atoms with Crippen LogP contribution >= 0.6 is 15.9 Å². The number of hydrogen-bond acceptors (Lipinski definition) is 5. The zero-order valence-electron chi connectivity index (χ0n) is 15.9. The van der Waals surface area contributed by atoms with Crippen LogP contribution in [0.4, 0.5) is 5.69 Å². The summed E-state index contributed by atoms with van der Waals surface area (Å²) in [6.07, 6.45) is 0.349. The Bertz CT molecular complexity index is 1150. The number of benzene rings is 3. The average Bonchev–Trinajstić information content (AvgIpc) is 2.76. The second-order valence-electron chi connectivity index (χ2n) is 6.34. The van der Waals surface area contributed by atoms with Gasteiger partial charge >= 0.3 is 0 Å². The van der Waals surface area contributed by atoms with Gasteiger partial charge in [-0.05, 0) is 69.9 Å². The Labute approximate surface area is 182 Å². The number of ether oxygens (including phenoxy) is 1. The number of nitrogens with one attached hydrogen (secondary N) is 2. The number of anilines is 1. The summed E-state index contributed by atoms with van der Waals surface area (Å²) < 4.78 is 33.6. The molecule has 0 radical (unpaired) electrons. The summed E-state index contributed by atoms with van der Waals surface area (Å²) in [6.45, 7) is 0. The molecule has 0 aliphatic rings. The summed E-state index contributed by atoms with van der Waals surface area (Å²) in [4.78, 5) is 12.2. The largest absolute Gasteiger partial charge is 0.497 e. The van der Waals surface area contributed by atoms with Crippen LogP contribution in [-0.4, -0.2) is 26.6 Å². The van der Waals surface area contributed by atoms with Crippen LogP contribution in [-0.2, 0) is 16.4 Å². The predicted octanol–water partition coefficient (Wildman–Crippen LogP) is 3.97. The van der Waals surface area contributed by atoms with E-state index in [2.05, 4.69) is 20.7 Å². The molecule has 0 aliphatic heterocycles. The number of hydrogen-bond donors (Lipinski definition) is 3. The number of hydroxylamine groups is 1. The molecule has 0 bridgehead atoms.